The van der Waals surface area contributed by atoms with E-state index >= 15 is 0 Å². The molecule has 0 radical (unpaired) electrons. The van der Waals surface area contributed by atoms with Crippen LogP contribution in [0.25, 0.3) is 0 Å². The zero-order chi connectivity index (χ0) is 17.0. The van der Waals surface area contributed by atoms with E-state index in [1.165, 1.54) is 18.3 Å². The van der Waals surface area contributed by atoms with Gasteiger partial charge in [-0.15, -0.1) is 0 Å². The van der Waals surface area contributed by atoms with Crippen molar-refractivity contribution >= 4 is 29.2 Å². The second-order valence-corrected chi connectivity index (χ2v) is 5.37. The van der Waals surface area contributed by atoms with Crippen molar-refractivity contribution in [1.82, 2.24) is 0 Å². The molecule has 2 aromatic rings. The molecule has 0 amide bonds. The van der Waals surface area contributed by atoms with Gasteiger partial charge in [0, 0.05) is 17.3 Å². The first kappa shape index (κ1) is 16.8. The number of phenols is 1. The van der Waals surface area contributed by atoms with Gasteiger partial charge in [-0.2, -0.15) is 0 Å². The van der Waals surface area contributed by atoms with Gasteiger partial charge in [0.25, 0.3) is 5.69 Å². The lowest BCUT2D eigenvalue weighted by Crippen LogP contribution is -2.02. The van der Waals surface area contributed by atoms with Crippen LogP contribution in [0.2, 0.25) is 5.02 Å². The van der Waals surface area contributed by atoms with Crippen LogP contribution in [0, 0.1) is 10.1 Å². The summed E-state index contributed by atoms with van der Waals surface area (Å²) in [5, 5.41) is 32.7. The average Bonchev–Trinajstić information content (AvgIpc) is 2.50. The molecule has 2 aromatic carbocycles. The molecule has 0 atom stereocenters. The zero-order valence-electron chi connectivity index (χ0n) is 12.3. The highest BCUT2D eigenvalue weighted by Crippen LogP contribution is 2.32. The fourth-order valence-corrected chi connectivity index (χ4v) is 2.31. The van der Waals surface area contributed by atoms with Crippen molar-refractivity contribution in [1.29, 1.82) is 0 Å². The van der Waals surface area contributed by atoms with Crippen LogP contribution in [-0.4, -0.2) is 16.2 Å². The number of halogens is 1. The van der Waals surface area contributed by atoms with Gasteiger partial charge >= 0.3 is 0 Å². The molecule has 0 bridgehead atoms. The highest BCUT2D eigenvalue weighted by molar-refractivity contribution is 6.31. The van der Waals surface area contributed by atoms with Crippen LogP contribution in [0.5, 0.6) is 11.5 Å². The third kappa shape index (κ3) is 3.98. The first-order valence-electron chi connectivity index (χ1n) is 6.93. The molecular weight excluding hydrogens is 320 g/mol. The molecule has 0 aliphatic rings. The standard InChI is InChI=1S/C16H15ClN2O4/c1-2-3-10-4-5-15(20)13(6-10)18-9-11-7-12(17)8-14(16(11)21)19(22)23/h4-9,20-21H,2-3H2,1H3/p-1. The van der Waals surface area contributed by atoms with Crippen LogP contribution in [0.4, 0.5) is 11.4 Å². The number of nitrogens with zero attached hydrogens (tertiary/aromatic N) is 2. The predicted octanol–water partition coefficient (Wildman–Crippen LogP) is 3.73. The molecule has 7 heteroatoms. The molecule has 1 N–H and O–H groups in total. The second-order valence-electron chi connectivity index (χ2n) is 4.93. The monoisotopic (exact) mass is 333 g/mol. The van der Waals surface area contributed by atoms with Gasteiger partial charge in [-0.3, -0.25) is 15.1 Å². The summed E-state index contributed by atoms with van der Waals surface area (Å²) in [5.41, 5.74) is 0.669. The Morgan fingerprint density at radius 1 is 1.35 bits per heavy atom. The maximum atomic E-state index is 12.0. The van der Waals surface area contributed by atoms with Gasteiger partial charge in [0.05, 0.1) is 4.92 Å². The molecule has 0 aliphatic carbocycles. The fraction of sp³-hybridized carbons (Fsp3) is 0.188. The van der Waals surface area contributed by atoms with Crippen LogP contribution >= 0.6 is 11.6 Å². The number of hydrogen-bond acceptors (Lipinski definition) is 5. The van der Waals surface area contributed by atoms with Crippen LogP contribution in [0.1, 0.15) is 24.5 Å². The van der Waals surface area contributed by atoms with Gasteiger partial charge in [0.15, 0.2) is 0 Å². The Morgan fingerprint density at radius 2 is 2.09 bits per heavy atom. The van der Waals surface area contributed by atoms with E-state index in [4.69, 9.17) is 11.6 Å². The largest absolute Gasteiger partial charge is 0.867 e. The summed E-state index contributed by atoms with van der Waals surface area (Å²) in [6, 6.07) is 7.32. The van der Waals surface area contributed by atoms with E-state index < -0.39 is 16.4 Å². The Kier molecular flexibility index (Phi) is 5.18. The summed E-state index contributed by atoms with van der Waals surface area (Å²) in [5.74, 6) is -0.808. The van der Waals surface area contributed by atoms with Crippen molar-refractivity contribution in [3.63, 3.8) is 0 Å². The molecule has 0 aromatic heterocycles. The van der Waals surface area contributed by atoms with Gasteiger partial charge in [0.2, 0.25) is 0 Å². The van der Waals surface area contributed by atoms with E-state index in [-0.39, 0.29) is 22.0 Å². The summed E-state index contributed by atoms with van der Waals surface area (Å²) >= 11 is 5.79. The summed E-state index contributed by atoms with van der Waals surface area (Å²) in [6.07, 6.45) is 2.95. The molecule has 0 heterocycles. The molecule has 0 unspecified atom stereocenters. The number of nitro groups is 1. The Morgan fingerprint density at radius 3 is 2.74 bits per heavy atom. The Balaban J connectivity index is 2.41. The number of phenolic OH excluding ortho intramolecular Hbond substituents is 1. The molecule has 23 heavy (non-hydrogen) atoms. The van der Waals surface area contributed by atoms with E-state index in [1.807, 2.05) is 6.92 Å². The molecular formula is C16H14ClN2O4-. The average molecular weight is 334 g/mol. The van der Waals surface area contributed by atoms with E-state index in [9.17, 15) is 20.3 Å². The van der Waals surface area contributed by atoms with Gasteiger partial charge in [-0.25, -0.2) is 0 Å². The highest BCUT2D eigenvalue weighted by atomic mass is 35.5. The quantitative estimate of drug-likeness (QED) is 0.512. The number of benzene rings is 2. The van der Waals surface area contributed by atoms with Gasteiger partial charge < -0.3 is 10.2 Å². The first-order valence-corrected chi connectivity index (χ1v) is 7.31. The molecule has 0 saturated carbocycles. The maximum Gasteiger partial charge on any atom is 0.263 e. The van der Waals surface area contributed by atoms with Crippen molar-refractivity contribution in [2.75, 3.05) is 0 Å². The number of aliphatic imine (C=N–C) groups is 1. The maximum absolute atomic E-state index is 12.0. The van der Waals surface area contributed by atoms with Crippen molar-refractivity contribution in [3.8, 4) is 11.5 Å². The third-order valence-corrected chi connectivity index (χ3v) is 3.40. The minimum Gasteiger partial charge on any atom is -0.867 e. The minimum absolute atomic E-state index is 0.00973. The number of rotatable bonds is 5. The van der Waals surface area contributed by atoms with Crippen molar-refractivity contribution < 1.29 is 15.1 Å². The fourth-order valence-electron chi connectivity index (χ4n) is 2.09. The SMILES string of the molecule is CCCc1ccc(O)c(N=Cc2cc(Cl)cc([N+](=O)[O-])c2[O-])c1. The molecule has 0 spiro atoms. The van der Waals surface area contributed by atoms with Crippen LogP contribution in [0.15, 0.2) is 35.3 Å². The zero-order valence-corrected chi connectivity index (χ0v) is 13.1. The smallest absolute Gasteiger partial charge is 0.263 e. The lowest BCUT2D eigenvalue weighted by atomic mass is 10.1. The van der Waals surface area contributed by atoms with E-state index in [0.717, 1.165) is 24.5 Å². The van der Waals surface area contributed by atoms with Gasteiger partial charge in [-0.05, 0) is 41.5 Å². The summed E-state index contributed by atoms with van der Waals surface area (Å²) < 4.78 is 0. The van der Waals surface area contributed by atoms with Crippen molar-refractivity contribution in [2.45, 2.75) is 19.8 Å². The molecule has 0 aliphatic heterocycles. The Hall–Kier alpha value is -2.60. The number of nitro benzene ring substituents is 1. The summed E-state index contributed by atoms with van der Waals surface area (Å²) in [4.78, 5) is 14.1. The first-order chi connectivity index (χ1) is 10.9. The van der Waals surface area contributed by atoms with Crippen molar-refractivity contribution in [3.05, 3.63) is 56.6 Å². The van der Waals surface area contributed by atoms with E-state index in [1.54, 1.807) is 12.1 Å². The van der Waals surface area contributed by atoms with Crippen LogP contribution in [-0.2, 0) is 6.42 Å². The lowest BCUT2D eigenvalue weighted by molar-refractivity contribution is -0.398. The third-order valence-electron chi connectivity index (χ3n) is 3.18. The second kappa shape index (κ2) is 7.11. The summed E-state index contributed by atoms with van der Waals surface area (Å²) in [6.45, 7) is 2.03. The van der Waals surface area contributed by atoms with Crippen LogP contribution < -0.4 is 5.11 Å². The number of aromatic hydroxyl groups is 1. The summed E-state index contributed by atoms with van der Waals surface area (Å²) in [7, 11) is 0. The van der Waals surface area contributed by atoms with Crippen molar-refractivity contribution in [2.24, 2.45) is 4.99 Å². The Bertz CT molecular complexity index is 775. The predicted molar refractivity (Wildman–Crippen MR) is 86.9 cm³/mol. The van der Waals surface area contributed by atoms with Crippen LogP contribution in [0.3, 0.4) is 0 Å². The topological polar surface area (TPSA) is 98.8 Å². The Labute approximate surface area is 137 Å². The molecule has 0 fully saturated rings. The van der Waals surface area contributed by atoms with E-state index in [0.29, 0.717) is 0 Å². The molecule has 0 saturated heterocycles. The van der Waals surface area contributed by atoms with Gasteiger partial charge in [-0.1, -0.05) is 31.0 Å². The number of hydrogen-bond donors (Lipinski definition) is 1. The molecule has 2 rings (SSSR count). The molecule has 6 nitrogen and oxygen atoms in total. The normalized spacial score (nSPS) is 11.0. The van der Waals surface area contributed by atoms with E-state index in [2.05, 4.69) is 4.99 Å². The van der Waals surface area contributed by atoms with Gasteiger partial charge in [0.1, 0.15) is 11.4 Å². The highest BCUT2D eigenvalue weighted by Gasteiger charge is 2.11. The lowest BCUT2D eigenvalue weighted by Gasteiger charge is -2.11. The minimum atomic E-state index is -0.787. The molecule has 120 valence electrons. The number of aryl methyl sites for hydroxylation is 1.